The lowest BCUT2D eigenvalue weighted by Crippen LogP contribution is -2.17. The van der Waals surface area contributed by atoms with Crippen LogP contribution in [0.2, 0.25) is 0 Å². The minimum Gasteiger partial charge on any atom is -0.396 e. The van der Waals surface area contributed by atoms with Crippen LogP contribution in [0.3, 0.4) is 0 Å². The Morgan fingerprint density at radius 1 is 1.11 bits per heavy atom. The van der Waals surface area contributed by atoms with Crippen LogP contribution in [-0.4, -0.2) is 15.9 Å². The van der Waals surface area contributed by atoms with Gasteiger partial charge in [-0.15, -0.1) is 0 Å². The fraction of sp³-hybridized carbons (Fsp3) is 0.200. The molecule has 0 saturated carbocycles. The van der Waals surface area contributed by atoms with E-state index < -0.39 is 11.0 Å². The van der Waals surface area contributed by atoms with Crippen LogP contribution in [0.1, 0.15) is 11.1 Å². The van der Waals surface area contributed by atoms with E-state index in [1.807, 2.05) is 52.8 Å². The summed E-state index contributed by atoms with van der Waals surface area (Å²) >= 11 is 0. The topological polar surface area (TPSA) is 40.5 Å². The monoisotopic (exact) mass is 273 g/mol. The van der Waals surface area contributed by atoms with E-state index in [0.717, 1.165) is 21.7 Å². The molecule has 0 bridgehead atoms. The summed E-state index contributed by atoms with van der Waals surface area (Å²) in [5, 5.41) is 8.90. The van der Waals surface area contributed by atoms with Gasteiger partial charge in [0.2, 0.25) is 0 Å². The van der Waals surface area contributed by atoms with E-state index in [1.165, 1.54) is 0 Å². The fourth-order valence-corrected chi connectivity index (χ4v) is 3.64. The number of fused-ring (bicyclic) bond motifs is 1. The molecular weight excluding hydrogens is 258 g/mol. The number of hydrogen-bond donors (Lipinski definition) is 1. The average Bonchev–Trinajstić information content (AvgIpc) is 2.78. The third-order valence-electron chi connectivity index (χ3n) is 3.30. The lowest BCUT2D eigenvalue weighted by Gasteiger charge is -2.16. The SMILES string of the molecule is O=S1c2ccccc2CN1c1ccc(CCO)cc1. The molecule has 98 valence electrons. The molecule has 0 amide bonds. The van der Waals surface area contributed by atoms with Gasteiger partial charge in [0, 0.05) is 12.3 Å². The van der Waals surface area contributed by atoms with Gasteiger partial charge in [-0.25, -0.2) is 4.21 Å². The van der Waals surface area contributed by atoms with E-state index in [-0.39, 0.29) is 6.61 Å². The van der Waals surface area contributed by atoms with Gasteiger partial charge < -0.3 is 5.11 Å². The Labute approximate surface area is 115 Å². The van der Waals surface area contributed by atoms with Gasteiger partial charge in [0.1, 0.15) is 0 Å². The first-order chi connectivity index (χ1) is 9.29. The number of nitrogens with zero attached hydrogens (tertiary/aromatic N) is 1. The zero-order valence-corrected chi connectivity index (χ0v) is 11.3. The summed E-state index contributed by atoms with van der Waals surface area (Å²) in [4.78, 5) is 0.905. The lowest BCUT2D eigenvalue weighted by atomic mass is 10.1. The van der Waals surface area contributed by atoms with Crippen LogP contribution >= 0.6 is 0 Å². The molecule has 0 saturated heterocycles. The highest BCUT2D eigenvalue weighted by molar-refractivity contribution is 7.86. The van der Waals surface area contributed by atoms with E-state index in [2.05, 4.69) is 0 Å². The zero-order chi connectivity index (χ0) is 13.2. The summed E-state index contributed by atoms with van der Waals surface area (Å²) in [7, 11) is -1.11. The quantitative estimate of drug-likeness (QED) is 0.932. The first kappa shape index (κ1) is 12.4. The fourth-order valence-electron chi connectivity index (χ4n) is 2.28. The Morgan fingerprint density at radius 2 is 1.84 bits per heavy atom. The molecule has 0 aromatic heterocycles. The summed E-state index contributed by atoms with van der Waals surface area (Å²) in [5.41, 5.74) is 3.17. The van der Waals surface area contributed by atoms with Crippen molar-refractivity contribution in [3.05, 3.63) is 59.7 Å². The maximum Gasteiger partial charge on any atom is 0.153 e. The van der Waals surface area contributed by atoms with Gasteiger partial charge in [0.25, 0.3) is 0 Å². The van der Waals surface area contributed by atoms with Crippen LogP contribution in [-0.2, 0) is 24.0 Å². The van der Waals surface area contributed by atoms with Gasteiger partial charge in [-0.3, -0.25) is 4.31 Å². The second-order valence-corrected chi connectivity index (χ2v) is 5.91. The van der Waals surface area contributed by atoms with Crippen molar-refractivity contribution < 1.29 is 9.32 Å². The summed E-state index contributed by atoms with van der Waals surface area (Å²) in [6.07, 6.45) is 0.656. The minimum absolute atomic E-state index is 0.153. The number of anilines is 1. The normalized spacial score (nSPS) is 17.5. The summed E-state index contributed by atoms with van der Waals surface area (Å²) < 4.78 is 14.3. The molecule has 3 nitrogen and oxygen atoms in total. The standard InChI is InChI=1S/C15H15NO2S/c17-10-9-12-5-7-14(8-6-12)16-11-13-3-1-2-4-15(13)19(16)18/h1-8,17H,9-11H2. The summed E-state index contributed by atoms with van der Waals surface area (Å²) in [6, 6.07) is 15.7. The van der Waals surface area contributed by atoms with E-state index in [1.54, 1.807) is 0 Å². The zero-order valence-electron chi connectivity index (χ0n) is 10.5. The molecule has 1 aliphatic rings. The predicted octanol–water partition coefficient (Wildman–Crippen LogP) is 2.26. The molecule has 2 aromatic carbocycles. The Morgan fingerprint density at radius 3 is 2.53 bits per heavy atom. The van der Waals surface area contributed by atoms with Crippen LogP contribution in [0.25, 0.3) is 0 Å². The van der Waals surface area contributed by atoms with Crippen molar-refractivity contribution in [3.8, 4) is 0 Å². The third-order valence-corrected chi connectivity index (χ3v) is 4.81. The molecular formula is C15H15NO2S. The van der Waals surface area contributed by atoms with Gasteiger partial charge in [0.05, 0.1) is 11.4 Å². The largest absolute Gasteiger partial charge is 0.396 e. The molecule has 0 fully saturated rings. The molecule has 1 atom stereocenters. The molecule has 2 aromatic rings. The number of aliphatic hydroxyl groups is 1. The van der Waals surface area contributed by atoms with Gasteiger partial charge in [-0.05, 0) is 35.7 Å². The second kappa shape index (κ2) is 5.15. The molecule has 0 spiro atoms. The van der Waals surface area contributed by atoms with E-state index in [9.17, 15) is 4.21 Å². The predicted molar refractivity (Wildman–Crippen MR) is 76.3 cm³/mol. The maximum atomic E-state index is 12.4. The van der Waals surface area contributed by atoms with Crippen molar-refractivity contribution in [3.63, 3.8) is 0 Å². The van der Waals surface area contributed by atoms with E-state index in [4.69, 9.17) is 5.11 Å². The Kier molecular flexibility index (Phi) is 3.36. The van der Waals surface area contributed by atoms with Crippen molar-refractivity contribution in [2.45, 2.75) is 17.9 Å². The number of hydrogen-bond acceptors (Lipinski definition) is 2. The molecule has 1 N–H and O–H groups in total. The van der Waals surface area contributed by atoms with E-state index in [0.29, 0.717) is 13.0 Å². The van der Waals surface area contributed by atoms with Crippen molar-refractivity contribution in [1.82, 2.24) is 0 Å². The second-order valence-electron chi connectivity index (χ2n) is 4.53. The molecule has 0 aliphatic carbocycles. The highest BCUT2D eigenvalue weighted by atomic mass is 32.2. The maximum absolute atomic E-state index is 12.4. The van der Waals surface area contributed by atoms with Crippen LogP contribution in [0, 0.1) is 0 Å². The Bertz CT molecular complexity index is 610. The van der Waals surface area contributed by atoms with E-state index >= 15 is 0 Å². The molecule has 1 aliphatic heterocycles. The molecule has 0 radical (unpaired) electrons. The lowest BCUT2D eigenvalue weighted by molar-refractivity contribution is 0.299. The molecule has 4 heteroatoms. The van der Waals surface area contributed by atoms with Crippen molar-refractivity contribution in [2.24, 2.45) is 0 Å². The molecule has 19 heavy (non-hydrogen) atoms. The number of benzene rings is 2. The Balaban J connectivity index is 1.87. The highest BCUT2D eigenvalue weighted by Gasteiger charge is 2.26. The minimum atomic E-state index is -1.11. The van der Waals surface area contributed by atoms with Crippen LogP contribution in [0.15, 0.2) is 53.4 Å². The molecule has 1 unspecified atom stereocenters. The Hall–Kier alpha value is -1.65. The van der Waals surface area contributed by atoms with Gasteiger partial charge in [0.15, 0.2) is 11.0 Å². The number of rotatable bonds is 3. The summed E-state index contributed by atoms with van der Waals surface area (Å²) in [6.45, 7) is 0.836. The third kappa shape index (κ3) is 2.29. The highest BCUT2D eigenvalue weighted by Crippen LogP contribution is 2.31. The summed E-state index contributed by atoms with van der Waals surface area (Å²) in [5.74, 6) is 0. The molecule has 3 rings (SSSR count). The van der Waals surface area contributed by atoms with Crippen LogP contribution in [0.5, 0.6) is 0 Å². The first-order valence-corrected chi connectivity index (χ1v) is 7.37. The van der Waals surface area contributed by atoms with Gasteiger partial charge in [-0.2, -0.15) is 0 Å². The smallest absolute Gasteiger partial charge is 0.153 e. The number of aliphatic hydroxyl groups excluding tert-OH is 1. The van der Waals surface area contributed by atoms with Gasteiger partial charge in [-0.1, -0.05) is 30.3 Å². The van der Waals surface area contributed by atoms with Crippen LogP contribution in [0.4, 0.5) is 5.69 Å². The van der Waals surface area contributed by atoms with Crippen molar-refractivity contribution in [1.29, 1.82) is 0 Å². The average molecular weight is 273 g/mol. The first-order valence-electron chi connectivity index (χ1n) is 6.27. The van der Waals surface area contributed by atoms with Crippen LogP contribution < -0.4 is 4.31 Å². The van der Waals surface area contributed by atoms with Crippen molar-refractivity contribution in [2.75, 3.05) is 10.9 Å². The van der Waals surface area contributed by atoms with Gasteiger partial charge >= 0.3 is 0 Å². The molecule has 1 heterocycles. The van der Waals surface area contributed by atoms with Crippen molar-refractivity contribution >= 4 is 16.7 Å².